The lowest BCUT2D eigenvalue weighted by Gasteiger charge is -2.32. The number of hydrogen-bond acceptors (Lipinski definition) is 8. The quantitative estimate of drug-likeness (QED) is 0.603. The fraction of sp³-hybridized carbons (Fsp3) is 0.500. The number of Topliss-reactive ketones (excluding diaryl/α,β-unsaturated/α-hetero) is 1. The number of piperidine rings is 1. The summed E-state index contributed by atoms with van der Waals surface area (Å²) in [6.45, 7) is 6.12. The lowest BCUT2D eigenvalue weighted by molar-refractivity contribution is -0.117. The third kappa shape index (κ3) is 6.46. The molecule has 1 aliphatic heterocycles. The van der Waals surface area contributed by atoms with Crippen molar-refractivity contribution in [3.05, 3.63) is 35.9 Å². The number of anilines is 2. The minimum atomic E-state index is -3.49. The van der Waals surface area contributed by atoms with Crippen molar-refractivity contribution in [1.82, 2.24) is 14.9 Å². The molecule has 0 atom stereocenters. The average Bonchev–Trinajstić information content (AvgIpc) is 2.72. The Morgan fingerprint density at radius 3 is 2.62 bits per heavy atom. The first-order valence-electron chi connectivity index (χ1n) is 10.6. The van der Waals surface area contributed by atoms with Gasteiger partial charge < -0.3 is 19.7 Å². The molecule has 1 aromatic carbocycles. The number of rotatable bonds is 9. The molecule has 0 bridgehead atoms. The van der Waals surface area contributed by atoms with Gasteiger partial charge in [-0.25, -0.2) is 22.8 Å². The van der Waals surface area contributed by atoms with Crippen LogP contribution >= 0.6 is 0 Å². The fourth-order valence-corrected chi connectivity index (χ4v) is 4.23. The van der Waals surface area contributed by atoms with Gasteiger partial charge in [-0.1, -0.05) is 0 Å². The maximum absolute atomic E-state index is 14.4. The third-order valence-electron chi connectivity index (χ3n) is 5.48. The van der Waals surface area contributed by atoms with Crippen LogP contribution in [-0.4, -0.2) is 61.1 Å². The molecule has 0 radical (unpaired) electrons. The van der Waals surface area contributed by atoms with Crippen LogP contribution in [0.3, 0.4) is 0 Å². The van der Waals surface area contributed by atoms with Crippen molar-refractivity contribution in [3.63, 3.8) is 0 Å². The highest BCUT2D eigenvalue weighted by Crippen LogP contribution is 2.28. The Labute approximate surface area is 188 Å². The molecule has 8 nitrogen and oxygen atoms in total. The molecule has 10 heteroatoms. The third-order valence-corrected chi connectivity index (χ3v) is 6.59. The number of nitrogens with zero attached hydrogens (tertiary/aromatic N) is 3. The van der Waals surface area contributed by atoms with Gasteiger partial charge in [-0.05, 0) is 57.9 Å². The van der Waals surface area contributed by atoms with E-state index >= 15 is 0 Å². The minimum Gasteiger partial charge on any atom is -0.474 e. The van der Waals surface area contributed by atoms with Gasteiger partial charge in [-0.2, -0.15) is 0 Å². The molecule has 1 aliphatic rings. The van der Waals surface area contributed by atoms with E-state index in [1.807, 2.05) is 0 Å². The summed E-state index contributed by atoms with van der Waals surface area (Å²) in [5, 5.41) is 2.90. The first-order valence-corrected chi connectivity index (χ1v) is 12.5. The molecule has 1 fully saturated rings. The zero-order chi connectivity index (χ0) is 23.3. The average molecular weight is 465 g/mol. The van der Waals surface area contributed by atoms with Crippen LogP contribution < -0.4 is 10.1 Å². The predicted octanol–water partition coefficient (Wildman–Crippen LogP) is 3.28. The van der Waals surface area contributed by atoms with E-state index in [1.54, 1.807) is 13.8 Å². The number of sulfone groups is 1. The smallest absolute Gasteiger partial charge is 0.221 e. The molecule has 3 rings (SSSR count). The highest BCUT2D eigenvalue weighted by Gasteiger charge is 2.22. The lowest BCUT2D eigenvalue weighted by atomic mass is 10.1. The van der Waals surface area contributed by atoms with E-state index in [9.17, 15) is 17.6 Å². The van der Waals surface area contributed by atoms with Crippen molar-refractivity contribution in [2.45, 2.75) is 50.5 Å². The highest BCUT2D eigenvalue weighted by molar-refractivity contribution is 7.90. The number of aromatic nitrogens is 2. The van der Waals surface area contributed by atoms with Gasteiger partial charge in [0.05, 0.1) is 16.1 Å². The van der Waals surface area contributed by atoms with E-state index in [2.05, 4.69) is 20.2 Å². The number of nitrogens with one attached hydrogen (secondary N) is 1. The van der Waals surface area contributed by atoms with Gasteiger partial charge in [0.25, 0.3) is 0 Å². The number of likely N-dealkylation sites (tertiary alicyclic amines) is 1. The molecule has 32 heavy (non-hydrogen) atoms. The molecule has 2 heterocycles. The maximum Gasteiger partial charge on any atom is 0.221 e. The van der Waals surface area contributed by atoms with Crippen LogP contribution in [0.5, 0.6) is 5.88 Å². The Morgan fingerprint density at radius 2 is 2.00 bits per heavy atom. The zero-order valence-electron chi connectivity index (χ0n) is 18.6. The topological polar surface area (TPSA) is 101 Å². The van der Waals surface area contributed by atoms with Crippen molar-refractivity contribution < 1.29 is 22.3 Å². The molecule has 2 aromatic rings. The van der Waals surface area contributed by atoms with Crippen LogP contribution in [0.25, 0.3) is 0 Å². The maximum atomic E-state index is 14.4. The van der Waals surface area contributed by atoms with Crippen LogP contribution in [0.1, 0.15) is 38.2 Å². The lowest BCUT2D eigenvalue weighted by Crippen LogP contribution is -2.39. The molecule has 1 aromatic heterocycles. The number of ketones is 1. The Hall–Kier alpha value is -2.59. The summed E-state index contributed by atoms with van der Waals surface area (Å²) in [7, 11) is -3.49. The summed E-state index contributed by atoms with van der Waals surface area (Å²) in [6.07, 6.45) is 5.61. The normalized spacial score (nSPS) is 15.5. The highest BCUT2D eigenvalue weighted by atomic mass is 32.2. The van der Waals surface area contributed by atoms with Gasteiger partial charge in [-0.15, -0.1) is 0 Å². The van der Waals surface area contributed by atoms with E-state index in [4.69, 9.17) is 4.74 Å². The zero-order valence-corrected chi connectivity index (χ0v) is 19.4. The standard InChI is InChI=1S/C22H29FN4O4S/c1-15(28)5-4-10-27-11-8-17(9-12-27)31-22-16(2)21(24-14-25-22)26-20-7-6-18(13-19(20)23)32(3,29)30/h6-7,13-14,17H,4-5,8-12H2,1-3H3,(H,24,25,26). The van der Waals surface area contributed by atoms with Crippen LogP contribution in [0, 0.1) is 12.7 Å². The van der Waals surface area contributed by atoms with Gasteiger partial charge >= 0.3 is 0 Å². The number of carbonyl (C=O) groups excluding carboxylic acids is 1. The second-order valence-corrected chi connectivity index (χ2v) is 10.2. The molecule has 1 N–H and O–H groups in total. The monoisotopic (exact) mass is 464 g/mol. The summed E-state index contributed by atoms with van der Waals surface area (Å²) in [4.78, 5) is 21.8. The first-order chi connectivity index (χ1) is 15.1. The summed E-state index contributed by atoms with van der Waals surface area (Å²) >= 11 is 0. The van der Waals surface area contributed by atoms with Crippen molar-refractivity contribution in [2.24, 2.45) is 0 Å². The molecule has 0 unspecified atom stereocenters. The van der Waals surface area contributed by atoms with E-state index in [0.717, 1.165) is 51.2 Å². The van der Waals surface area contributed by atoms with E-state index in [0.29, 0.717) is 23.7 Å². The molecule has 0 amide bonds. The van der Waals surface area contributed by atoms with Gasteiger partial charge in [0.2, 0.25) is 5.88 Å². The molecule has 0 aliphatic carbocycles. The first kappa shape index (κ1) is 24.1. The fourth-order valence-electron chi connectivity index (χ4n) is 3.59. The van der Waals surface area contributed by atoms with Crippen molar-refractivity contribution in [1.29, 1.82) is 0 Å². The number of hydrogen-bond donors (Lipinski definition) is 1. The number of carbonyl (C=O) groups is 1. The van der Waals surface area contributed by atoms with Crippen molar-refractivity contribution in [2.75, 3.05) is 31.2 Å². The summed E-state index contributed by atoms with van der Waals surface area (Å²) < 4.78 is 43.7. The van der Waals surface area contributed by atoms with Gasteiger partial charge in [0.15, 0.2) is 9.84 Å². The van der Waals surface area contributed by atoms with E-state index in [1.165, 1.54) is 18.5 Å². The SMILES string of the molecule is CC(=O)CCCN1CCC(Oc2ncnc(Nc3ccc(S(C)(=O)=O)cc3F)c2C)CC1. The van der Waals surface area contributed by atoms with Gasteiger partial charge in [0, 0.05) is 25.8 Å². The Kier molecular flexibility index (Phi) is 7.78. The molecular weight excluding hydrogens is 435 g/mol. The minimum absolute atomic E-state index is 0.0197. The van der Waals surface area contributed by atoms with Gasteiger partial charge in [0.1, 0.15) is 29.8 Å². The largest absolute Gasteiger partial charge is 0.474 e. The van der Waals surface area contributed by atoms with Crippen molar-refractivity contribution >= 4 is 27.1 Å². The van der Waals surface area contributed by atoms with E-state index in [-0.39, 0.29) is 22.5 Å². The summed E-state index contributed by atoms with van der Waals surface area (Å²) in [5.74, 6) is 0.358. The summed E-state index contributed by atoms with van der Waals surface area (Å²) in [6, 6.07) is 3.70. The Morgan fingerprint density at radius 1 is 1.28 bits per heavy atom. The number of ether oxygens (including phenoxy) is 1. The second-order valence-electron chi connectivity index (χ2n) is 8.16. The Bertz CT molecular complexity index is 1070. The number of halogens is 1. The van der Waals surface area contributed by atoms with Crippen LogP contribution in [0.2, 0.25) is 0 Å². The molecule has 0 saturated carbocycles. The van der Waals surface area contributed by atoms with Gasteiger partial charge in [-0.3, -0.25) is 0 Å². The van der Waals surface area contributed by atoms with Crippen LogP contribution in [0.4, 0.5) is 15.9 Å². The van der Waals surface area contributed by atoms with Crippen LogP contribution in [-0.2, 0) is 14.6 Å². The van der Waals surface area contributed by atoms with E-state index < -0.39 is 15.7 Å². The molecule has 174 valence electrons. The Balaban J connectivity index is 1.61. The van der Waals surface area contributed by atoms with Crippen LogP contribution in [0.15, 0.2) is 29.4 Å². The number of benzene rings is 1. The predicted molar refractivity (Wildman–Crippen MR) is 120 cm³/mol. The molecule has 0 spiro atoms. The second kappa shape index (κ2) is 10.4. The molecular formula is C22H29FN4O4S. The summed E-state index contributed by atoms with van der Waals surface area (Å²) in [5.41, 5.74) is 0.756. The van der Waals surface area contributed by atoms with Crippen molar-refractivity contribution in [3.8, 4) is 5.88 Å². The molecule has 1 saturated heterocycles.